The Morgan fingerprint density at radius 2 is 2.04 bits per heavy atom. The van der Waals surface area contributed by atoms with E-state index in [1.165, 1.54) is 4.88 Å². The van der Waals surface area contributed by atoms with Crippen LogP contribution in [0.1, 0.15) is 72.7 Å². The molecule has 6 heteroatoms. The third-order valence-electron chi connectivity index (χ3n) is 5.16. The molecule has 0 bridgehead atoms. The molecule has 0 aliphatic heterocycles. The van der Waals surface area contributed by atoms with Gasteiger partial charge in [-0.3, -0.25) is 9.59 Å². The summed E-state index contributed by atoms with van der Waals surface area (Å²) in [6.45, 7) is 2.48. The predicted octanol–water partition coefficient (Wildman–Crippen LogP) is 4.23. The van der Waals surface area contributed by atoms with Gasteiger partial charge in [0.2, 0.25) is 5.91 Å². The highest BCUT2D eigenvalue weighted by atomic mass is 32.1. The van der Waals surface area contributed by atoms with Crippen LogP contribution in [0.15, 0.2) is 0 Å². The van der Waals surface area contributed by atoms with Gasteiger partial charge < -0.3 is 10.6 Å². The third kappa shape index (κ3) is 4.40. The molecule has 3 rings (SSSR count). The van der Waals surface area contributed by atoms with Crippen LogP contribution in [0.25, 0.3) is 0 Å². The third-order valence-corrected chi connectivity index (χ3v) is 6.36. The largest absolute Gasteiger partial charge is 0.352 e. The maximum absolute atomic E-state index is 13.3. The number of halogens is 1. The van der Waals surface area contributed by atoms with Gasteiger partial charge in [0, 0.05) is 17.8 Å². The van der Waals surface area contributed by atoms with Crippen molar-refractivity contribution in [3.8, 4) is 0 Å². The molecule has 2 aliphatic rings. The Bertz CT molecular complexity index is 644. The summed E-state index contributed by atoms with van der Waals surface area (Å²) in [5, 5.41) is 6.63. The zero-order valence-corrected chi connectivity index (χ0v) is 15.6. The van der Waals surface area contributed by atoms with Gasteiger partial charge in [0.25, 0.3) is 5.91 Å². The smallest absolute Gasteiger partial charge is 0.254 e. The Kier molecular flexibility index (Phi) is 6.10. The summed E-state index contributed by atoms with van der Waals surface area (Å²) in [5.74, 6) is 0.0752. The van der Waals surface area contributed by atoms with Gasteiger partial charge in [0.1, 0.15) is 11.2 Å². The minimum absolute atomic E-state index is 0.0359. The summed E-state index contributed by atoms with van der Waals surface area (Å²) in [5.41, 5.74) is 1.76. The fourth-order valence-corrected chi connectivity index (χ4v) is 5.14. The molecular weight excluding hydrogens is 339 g/mol. The summed E-state index contributed by atoms with van der Waals surface area (Å²) in [7, 11) is 0. The molecular formula is C19H27FN2O2S. The second-order valence-corrected chi connectivity index (χ2v) is 8.30. The highest BCUT2D eigenvalue weighted by molar-refractivity contribution is 7.17. The molecule has 2 aliphatic carbocycles. The maximum Gasteiger partial charge on any atom is 0.254 e. The second kappa shape index (κ2) is 8.30. The topological polar surface area (TPSA) is 58.2 Å². The monoisotopic (exact) mass is 366 g/mol. The van der Waals surface area contributed by atoms with Crippen LogP contribution in [0.5, 0.6) is 0 Å². The summed E-state index contributed by atoms with van der Waals surface area (Å²) < 4.78 is 13.3. The van der Waals surface area contributed by atoms with Crippen molar-refractivity contribution in [1.29, 1.82) is 0 Å². The SMILES string of the molecule is CCCC(=O)Nc1sc2c(c1C(=O)NCC1CCC(F)C1)CCCC2. The Labute approximate surface area is 152 Å². The Balaban J connectivity index is 1.74. The van der Waals surface area contributed by atoms with Crippen LogP contribution in [0.2, 0.25) is 0 Å². The molecule has 4 nitrogen and oxygen atoms in total. The van der Waals surface area contributed by atoms with E-state index in [0.29, 0.717) is 36.4 Å². The van der Waals surface area contributed by atoms with Crippen LogP contribution in [-0.4, -0.2) is 24.5 Å². The van der Waals surface area contributed by atoms with E-state index in [4.69, 9.17) is 0 Å². The number of anilines is 1. The molecule has 1 heterocycles. The quantitative estimate of drug-likeness (QED) is 0.791. The van der Waals surface area contributed by atoms with Gasteiger partial charge in [0.15, 0.2) is 0 Å². The molecule has 25 heavy (non-hydrogen) atoms. The lowest BCUT2D eigenvalue weighted by Gasteiger charge is -2.15. The summed E-state index contributed by atoms with van der Waals surface area (Å²) in [6.07, 6.45) is 6.60. The van der Waals surface area contributed by atoms with Gasteiger partial charge in [-0.1, -0.05) is 6.92 Å². The zero-order chi connectivity index (χ0) is 17.8. The van der Waals surface area contributed by atoms with Gasteiger partial charge >= 0.3 is 0 Å². The number of fused-ring (bicyclic) bond motifs is 1. The molecule has 0 radical (unpaired) electrons. The van der Waals surface area contributed by atoms with Gasteiger partial charge in [0.05, 0.1) is 5.56 Å². The lowest BCUT2D eigenvalue weighted by molar-refractivity contribution is -0.116. The average Bonchev–Trinajstić information content (AvgIpc) is 3.15. The number of hydrogen-bond donors (Lipinski definition) is 2. The molecule has 0 saturated heterocycles. The fourth-order valence-electron chi connectivity index (χ4n) is 3.84. The molecule has 0 aromatic carbocycles. The number of nitrogens with one attached hydrogen (secondary N) is 2. The molecule has 138 valence electrons. The number of carbonyl (C=O) groups excluding carboxylic acids is 2. The summed E-state index contributed by atoms with van der Waals surface area (Å²) in [6, 6.07) is 0. The fraction of sp³-hybridized carbons (Fsp3) is 0.684. The van der Waals surface area contributed by atoms with Crippen LogP contribution in [0.4, 0.5) is 9.39 Å². The summed E-state index contributed by atoms with van der Waals surface area (Å²) >= 11 is 1.55. The van der Waals surface area contributed by atoms with Crippen molar-refractivity contribution in [1.82, 2.24) is 5.32 Å². The van der Waals surface area contributed by atoms with Crippen molar-refractivity contribution in [3.63, 3.8) is 0 Å². The van der Waals surface area contributed by atoms with E-state index in [0.717, 1.165) is 44.1 Å². The lowest BCUT2D eigenvalue weighted by atomic mass is 9.95. The van der Waals surface area contributed by atoms with E-state index in [-0.39, 0.29) is 17.7 Å². The first-order valence-electron chi connectivity index (χ1n) is 9.45. The van der Waals surface area contributed by atoms with Crippen LogP contribution >= 0.6 is 11.3 Å². The van der Waals surface area contributed by atoms with Gasteiger partial charge in [-0.2, -0.15) is 0 Å². The lowest BCUT2D eigenvalue weighted by Crippen LogP contribution is -2.30. The van der Waals surface area contributed by atoms with Crippen molar-refractivity contribution in [2.45, 2.75) is 70.9 Å². The second-order valence-electron chi connectivity index (χ2n) is 7.20. The van der Waals surface area contributed by atoms with E-state index in [1.807, 2.05) is 6.92 Å². The van der Waals surface area contributed by atoms with Gasteiger partial charge in [-0.05, 0) is 62.8 Å². The van der Waals surface area contributed by atoms with Crippen molar-refractivity contribution < 1.29 is 14.0 Å². The number of aryl methyl sites for hydroxylation is 1. The predicted molar refractivity (Wildman–Crippen MR) is 99.1 cm³/mol. The highest BCUT2D eigenvalue weighted by Crippen LogP contribution is 2.38. The molecule has 1 saturated carbocycles. The molecule has 2 atom stereocenters. The minimum Gasteiger partial charge on any atom is -0.352 e. The van der Waals surface area contributed by atoms with Crippen molar-refractivity contribution in [3.05, 3.63) is 16.0 Å². The molecule has 1 fully saturated rings. The number of carbonyl (C=O) groups is 2. The number of thiophene rings is 1. The number of hydrogen-bond acceptors (Lipinski definition) is 3. The molecule has 2 N–H and O–H groups in total. The first kappa shape index (κ1) is 18.4. The Hall–Kier alpha value is -1.43. The molecule has 1 aromatic heterocycles. The molecule has 2 amide bonds. The Morgan fingerprint density at radius 1 is 1.24 bits per heavy atom. The van der Waals surface area contributed by atoms with Crippen LogP contribution in [0, 0.1) is 5.92 Å². The molecule has 2 unspecified atom stereocenters. The maximum atomic E-state index is 13.3. The normalized spacial score (nSPS) is 22.5. The Morgan fingerprint density at radius 3 is 2.76 bits per heavy atom. The van der Waals surface area contributed by atoms with Crippen LogP contribution < -0.4 is 10.6 Å². The van der Waals surface area contributed by atoms with E-state index < -0.39 is 6.17 Å². The molecule has 1 aromatic rings. The average molecular weight is 367 g/mol. The number of amides is 2. The van der Waals surface area contributed by atoms with E-state index >= 15 is 0 Å². The van der Waals surface area contributed by atoms with Gasteiger partial charge in [-0.15, -0.1) is 11.3 Å². The van der Waals surface area contributed by atoms with E-state index in [2.05, 4.69) is 10.6 Å². The van der Waals surface area contributed by atoms with Crippen molar-refractivity contribution in [2.75, 3.05) is 11.9 Å². The van der Waals surface area contributed by atoms with E-state index in [9.17, 15) is 14.0 Å². The minimum atomic E-state index is -0.722. The van der Waals surface area contributed by atoms with Crippen molar-refractivity contribution >= 4 is 28.2 Å². The van der Waals surface area contributed by atoms with E-state index in [1.54, 1.807) is 11.3 Å². The standard InChI is InChI=1S/C19H27FN2O2S/c1-2-5-16(23)22-19-17(14-6-3-4-7-15(14)25-19)18(24)21-11-12-8-9-13(20)10-12/h12-13H,2-11H2,1H3,(H,21,24)(H,22,23). The first-order chi connectivity index (χ1) is 12.1. The van der Waals surface area contributed by atoms with Crippen LogP contribution in [-0.2, 0) is 17.6 Å². The number of alkyl halides is 1. The summed E-state index contributed by atoms with van der Waals surface area (Å²) in [4.78, 5) is 26.1. The van der Waals surface area contributed by atoms with Crippen molar-refractivity contribution in [2.24, 2.45) is 5.92 Å². The first-order valence-corrected chi connectivity index (χ1v) is 10.3. The number of rotatable bonds is 6. The molecule has 0 spiro atoms. The zero-order valence-electron chi connectivity index (χ0n) is 14.8. The van der Waals surface area contributed by atoms with Crippen LogP contribution in [0.3, 0.4) is 0 Å². The highest BCUT2D eigenvalue weighted by Gasteiger charge is 2.28. The van der Waals surface area contributed by atoms with Gasteiger partial charge in [-0.25, -0.2) is 4.39 Å².